The second kappa shape index (κ2) is 10.3. The Bertz CT molecular complexity index is 731. The third-order valence-electron chi connectivity index (χ3n) is 4.31. The summed E-state index contributed by atoms with van der Waals surface area (Å²) in [5, 5.41) is 0. The fourth-order valence-electron chi connectivity index (χ4n) is 2.76. The molecule has 0 N–H and O–H groups in total. The molecule has 25 heavy (non-hydrogen) atoms. The summed E-state index contributed by atoms with van der Waals surface area (Å²) >= 11 is 0. The van der Waals surface area contributed by atoms with Crippen LogP contribution in [0.4, 0.5) is 0 Å². The summed E-state index contributed by atoms with van der Waals surface area (Å²) in [5.74, 6) is 0.717. The van der Waals surface area contributed by atoms with Crippen molar-refractivity contribution in [3.63, 3.8) is 0 Å². The molecular formula is C24H29N. The van der Waals surface area contributed by atoms with Crippen LogP contribution in [0.5, 0.6) is 0 Å². The van der Waals surface area contributed by atoms with E-state index in [1.165, 1.54) is 16.7 Å². The molecule has 1 atom stereocenters. The van der Waals surface area contributed by atoms with Crippen LogP contribution in [0.2, 0.25) is 0 Å². The number of terminal acetylenes is 1. The zero-order valence-corrected chi connectivity index (χ0v) is 16.1. The highest BCUT2D eigenvalue weighted by Gasteiger charge is 2.11. The van der Waals surface area contributed by atoms with E-state index in [2.05, 4.69) is 74.8 Å². The molecule has 0 heterocycles. The first kappa shape index (κ1) is 20.5. The first-order valence-electron chi connectivity index (χ1n) is 8.70. The zero-order chi connectivity index (χ0) is 18.8. The maximum absolute atomic E-state index is 5.23. The Balaban J connectivity index is 3.17. The van der Waals surface area contributed by atoms with E-state index in [1.54, 1.807) is 6.21 Å². The lowest BCUT2D eigenvalue weighted by Gasteiger charge is -2.16. The molecule has 0 aliphatic rings. The van der Waals surface area contributed by atoms with Gasteiger partial charge >= 0.3 is 0 Å². The molecule has 0 saturated heterocycles. The molecule has 1 rings (SSSR count). The molecule has 0 aliphatic heterocycles. The van der Waals surface area contributed by atoms with Gasteiger partial charge in [-0.3, -0.25) is 0 Å². The standard InChI is InChI=1S/C24H29N/c1-8-20(21(9-2)17-25-11-4)16-19(7)24(10-3)23-14-12-22(13-15-23)18(5)6/h4,8-10,12-18,24H,3H2,1-2,5-7H3/b19-16+,20-8+,21-9+,25-17?/t24-/m0/s1. The predicted octanol–water partition coefficient (Wildman–Crippen LogP) is 6.58. The molecule has 1 aromatic carbocycles. The summed E-state index contributed by atoms with van der Waals surface area (Å²) in [5.41, 5.74) is 5.95. The molecule has 1 nitrogen and oxygen atoms in total. The van der Waals surface area contributed by atoms with E-state index < -0.39 is 0 Å². The van der Waals surface area contributed by atoms with Gasteiger partial charge in [-0.1, -0.05) is 74.4 Å². The minimum Gasteiger partial charge on any atom is -0.205 e. The number of rotatable bonds is 7. The molecule has 0 bridgehead atoms. The second-order valence-corrected chi connectivity index (χ2v) is 6.30. The zero-order valence-electron chi connectivity index (χ0n) is 16.1. The van der Waals surface area contributed by atoms with Crippen LogP contribution < -0.4 is 0 Å². The minimum absolute atomic E-state index is 0.179. The monoisotopic (exact) mass is 331 g/mol. The Morgan fingerprint density at radius 2 is 1.64 bits per heavy atom. The number of allylic oxidation sites excluding steroid dienone is 7. The smallest absolute Gasteiger partial charge is 0.0450 e. The van der Waals surface area contributed by atoms with Gasteiger partial charge in [0.25, 0.3) is 0 Å². The average molecular weight is 332 g/mol. The summed E-state index contributed by atoms with van der Waals surface area (Å²) in [7, 11) is 0. The van der Waals surface area contributed by atoms with E-state index in [1.807, 2.05) is 26.0 Å². The van der Waals surface area contributed by atoms with Crippen LogP contribution in [0.3, 0.4) is 0 Å². The van der Waals surface area contributed by atoms with E-state index in [9.17, 15) is 0 Å². The number of aliphatic imine (C=N–C) groups is 1. The number of hydrogen-bond acceptors (Lipinski definition) is 1. The van der Waals surface area contributed by atoms with E-state index in [0.29, 0.717) is 5.92 Å². The number of hydrogen-bond donors (Lipinski definition) is 0. The highest BCUT2D eigenvalue weighted by atomic mass is 14.6. The Labute approximate surface area is 153 Å². The number of nitrogens with zero attached hydrogens (tertiary/aromatic N) is 1. The second-order valence-electron chi connectivity index (χ2n) is 6.30. The van der Waals surface area contributed by atoms with Crippen molar-refractivity contribution in [3.05, 3.63) is 83.0 Å². The summed E-state index contributed by atoms with van der Waals surface area (Å²) in [6, 6.07) is 11.1. The van der Waals surface area contributed by atoms with Gasteiger partial charge in [-0.25, -0.2) is 4.99 Å². The Morgan fingerprint density at radius 3 is 2.08 bits per heavy atom. The fraction of sp³-hybridized carbons (Fsp3) is 0.292. The van der Waals surface area contributed by atoms with E-state index >= 15 is 0 Å². The molecule has 1 heteroatoms. The van der Waals surface area contributed by atoms with Crippen molar-refractivity contribution in [3.8, 4) is 12.5 Å². The first-order valence-corrected chi connectivity index (χ1v) is 8.70. The summed E-state index contributed by atoms with van der Waals surface area (Å²) in [6.45, 7) is 14.6. The Kier molecular flexibility index (Phi) is 8.44. The van der Waals surface area contributed by atoms with Crippen LogP contribution in [0.25, 0.3) is 0 Å². The SMILES string of the molecule is C#CN=CC(=C\C)/C(=C/C)/C=C(\C)[C@H](C=C)c1ccc(C(C)C)cc1. The van der Waals surface area contributed by atoms with Crippen molar-refractivity contribution in [2.24, 2.45) is 4.99 Å². The van der Waals surface area contributed by atoms with E-state index in [-0.39, 0.29) is 5.92 Å². The highest BCUT2D eigenvalue weighted by molar-refractivity contribution is 5.86. The Morgan fingerprint density at radius 1 is 1.08 bits per heavy atom. The minimum atomic E-state index is 0.179. The molecule has 0 unspecified atom stereocenters. The van der Waals surface area contributed by atoms with Gasteiger partial charge in [0.2, 0.25) is 0 Å². The lowest BCUT2D eigenvalue weighted by molar-refractivity contribution is 0.863. The summed E-state index contributed by atoms with van der Waals surface area (Å²) in [4.78, 5) is 3.91. The Hall–Kier alpha value is -2.59. The molecule has 0 aliphatic carbocycles. The molecular weight excluding hydrogens is 302 g/mol. The molecule has 0 aromatic heterocycles. The van der Waals surface area contributed by atoms with Gasteiger partial charge in [0, 0.05) is 18.2 Å². The van der Waals surface area contributed by atoms with Crippen molar-refractivity contribution in [1.29, 1.82) is 0 Å². The molecule has 0 amide bonds. The van der Waals surface area contributed by atoms with Crippen molar-refractivity contribution in [2.45, 2.75) is 46.5 Å². The summed E-state index contributed by atoms with van der Waals surface area (Å²) < 4.78 is 0. The molecule has 0 spiro atoms. The maximum atomic E-state index is 5.23. The van der Waals surface area contributed by atoms with Gasteiger partial charge in [0.1, 0.15) is 0 Å². The van der Waals surface area contributed by atoms with Gasteiger partial charge in [0.15, 0.2) is 0 Å². The lowest BCUT2D eigenvalue weighted by atomic mass is 9.88. The van der Waals surface area contributed by atoms with Crippen LogP contribution in [-0.2, 0) is 0 Å². The predicted molar refractivity (Wildman–Crippen MR) is 112 cm³/mol. The van der Waals surface area contributed by atoms with Crippen LogP contribution in [0, 0.1) is 12.5 Å². The molecule has 1 aromatic rings. The van der Waals surface area contributed by atoms with Gasteiger partial charge in [0.05, 0.1) is 0 Å². The lowest BCUT2D eigenvalue weighted by Crippen LogP contribution is -1.99. The van der Waals surface area contributed by atoms with Crippen molar-refractivity contribution >= 4 is 6.21 Å². The fourth-order valence-corrected chi connectivity index (χ4v) is 2.76. The maximum Gasteiger partial charge on any atom is 0.0450 e. The van der Waals surface area contributed by atoms with Crippen LogP contribution in [-0.4, -0.2) is 6.21 Å². The topological polar surface area (TPSA) is 12.4 Å². The van der Waals surface area contributed by atoms with Gasteiger partial charge in [-0.05, 0) is 49.0 Å². The van der Waals surface area contributed by atoms with E-state index in [4.69, 9.17) is 6.42 Å². The normalized spacial score (nSPS) is 14.7. The quantitative estimate of drug-likeness (QED) is 0.231. The third kappa shape index (κ3) is 5.76. The molecule has 130 valence electrons. The van der Waals surface area contributed by atoms with Gasteiger partial charge < -0.3 is 0 Å². The molecule has 0 radical (unpaired) electrons. The van der Waals surface area contributed by atoms with E-state index in [0.717, 1.165) is 11.1 Å². The van der Waals surface area contributed by atoms with Crippen LogP contribution >= 0.6 is 0 Å². The van der Waals surface area contributed by atoms with Crippen molar-refractivity contribution < 1.29 is 0 Å². The summed E-state index contributed by atoms with van der Waals surface area (Å²) in [6.07, 6.45) is 15.2. The van der Waals surface area contributed by atoms with Gasteiger partial charge in [-0.2, -0.15) is 0 Å². The average Bonchev–Trinajstić information content (AvgIpc) is 2.62. The molecule has 0 fully saturated rings. The largest absolute Gasteiger partial charge is 0.205 e. The number of benzene rings is 1. The molecule has 0 saturated carbocycles. The van der Waals surface area contributed by atoms with Crippen molar-refractivity contribution in [1.82, 2.24) is 0 Å². The van der Waals surface area contributed by atoms with Crippen LogP contribution in [0.1, 0.15) is 57.6 Å². The van der Waals surface area contributed by atoms with Crippen LogP contribution in [0.15, 0.2) is 76.9 Å². The highest BCUT2D eigenvalue weighted by Crippen LogP contribution is 2.28. The van der Waals surface area contributed by atoms with Gasteiger partial charge in [-0.15, -0.1) is 6.58 Å². The third-order valence-corrected chi connectivity index (χ3v) is 4.31. The van der Waals surface area contributed by atoms with Crippen molar-refractivity contribution in [2.75, 3.05) is 0 Å². The first-order chi connectivity index (χ1) is 12.0.